The van der Waals surface area contributed by atoms with E-state index in [1.165, 1.54) is 6.92 Å². The topological polar surface area (TPSA) is 143 Å². The standard InChI is InChI=1S/C13H15NO8P2S/c1-8-12(9(2)21-24(19,20)22-23(16,17)18)25-13(14-8)11(15)10-6-4-3-5-7-10/h3-7,9H,1-2H3,(H,19,20)(H2,16,17,18). The minimum Gasteiger partial charge on any atom is -0.302 e. The predicted octanol–water partition coefficient (Wildman–Crippen LogP) is 2.97. The van der Waals surface area contributed by atoms with E-state index >= 15 is 0 Å². The molecule has 0 bridgehead atoms. The van der Waals surface area contributed by atoms with Gasteiger partial charge in [-0.2, -0.15) is 4.31 Å². The van der Waals surface area contributed by atoms with Gasteiger partial charge in [0.15, 0.2) is 5.01 Å². The molecule has 2 rings (SSSR count). The fraction of sp³-hybridized carbons (Fsp3) is 0.231. The second-order valence-corrected chi connectivity index (χ2v) is 8.77. The van der Waals surface area contributed by atoms with E-state index in [1.807, 2.05) is 0 Å². The number of thiazole rings is 1. The molecule has 0 aliphatic rings. The zero-order chi connectivity index (χ0) is 18.8. The fourth-order valence-electron chi connectivity index (χ4n) is 2.00. The number of aryl methyl sites for hydroxylation is 1. The van der Waals surface area contributed by atoms with Gasteiger partial charge in [-0.1, -0.05) is 30.3 Å². The van der Waals surface area contributed by atoms with Crippen molar-refractivity contribution in [3.8, 4) is 0 Å². The summed E-state index contributed by atoms with van der Waals surface area (Å²) in [7, 11) is -10.2. The molecule has 3 N–H and O–H groups in total. The van der Waals surface area contributed by atoms with Gasteiger partial charge in [-0.25, -0.2) is 14.1 Å². The van der Waals surface area contributed by atoms with Gasteiger partial charge in [0.2, 0.25) is 5.78 Å². The van der Waals surface area contributed by atoms with Crippen molar-refractivity contribution in [2.75, 3.05) is 0 Å². The van der Waals surface area contributed by atoms with Gasteiger partial charge >= 0.3 is 15.6 Å². The third kappa shape index (κ3) is 5.64. The number of hydrogen-bond acceptors (Lipinski definition) is 7. The lowest BCUT2D eigenvalue weighted by Gasteiger charge is -2.16. The summed E-state index contributed by atoms with van der Waals surface area (Å²) in [6, 6.07) is 8.46. The Morgan fingerprint density at radius 1 is 1.20 bits per heavy atom. The Morgan fingerprint density at radius 3 is 2.36 bits per heavy atom. The molecular formula is C13H15NO8P2S. The van der Waals surface area contributed by atoms with E-state index in [-0.39, 0.29) is 10.8 Å². The van der Waals surface area contributed by atoms with Crippen molar-refractivity contribution < 1.29 is 37.4 Å². The first kappa shape index (κ1) is 20.1. The summed E-state index contributed by atoms with van der Waals surface area (Å²) in [5, 5.41) is 0.165. The molecule has 0 aliphatic carbocycles. The summed E-state index contributed by atoms with van der Waals surface area (Å²) in [6.07, 6.45) is -1.07. The summed E-state index contributed by atoms with van der Waals surface area (Å²) in [4.78, 5) is 43.5. The first-order chi connectivity index (χ1) is 11.5. The van der Waals surface area contributed by atoms with E-state index in [4.69, 9.17) is 14.3 Å². The van der Waals surface area contributed by atoms with Crippen molar-refractivity contribution >= 4 is 32.8 Å². The van der Waals surface area contributed by atoms with Gasteiger partial charge in [0.05, 0.1) is 10.6 Å². The number of phosphoric acid groups is 2. The maximum Gasteiger partial charge on any atom is 0.481 e. The van der Waals surface area contributed by atoms with Crippen LogP contribution < -0.4 is 0 Å². The van der Waals surface area contributed by atoms with Crippen molar-refractivity contribution in [1.82, 2.24) is 4.98 Å². The molecule has 2 unspecified atom stereocenters. The quantitative estimate of drug-likeness (QED) is 0.466. The minimum absolute atomic E-state index is 0.165. The molecule has 1 aromatic carbocycles. The smallest absolute Gasteiger partial charge is 0.302 e. The first-order valence-electron chi connectivity index (χ1n) is 6.83. The van der Waals surface area contributed by atoms with E-state index in [2.05, 4.69) is 9.29 Å². The van der Waals surface area contributed by atoms with E-state index < -0.39 is 21.7 Å². The lowest BCUT2D eigenvalue weighted by Crippen LogP contribution is -2.00. The van der Waals surface area contributed by atoms with Gasteiger partial charge < -0.3 is 14.7 Å². The molecular weight excluding hydrogens is 392 g/mol. The van der Waals surface area contributed by atoms with Crippen LogP contribution in [0.2, 0.25) is 0 Å². The van der Waals surface area contributed by atoms with Gasteiger partial charge in [0.1, 0.15) is 6.10 Å². The van der Waals surface area contributed by atoms with Crippen LogP contribution in [0.5, 0.6) is 0 Å². The summed E-state index contributed by atoms with van der Waals surface area (Å²) >= 11 is 0.962. The van der Waals surface area contributed by atoms with Crippen molar-refractivity contribution in [2.45, 2.75) is 20.0 Å². The first-order valence-corrected chi connectivity index (χ1v) is 10.7. The van der Waals surface area contributed by atoms with Crippen LogP contribution in [0.15, 0.2) is 30.3 Å². The van der Waals surface area contributed by atoms with Crippen LogP contribution in [-0.4, -0.2) is 25.4 Å². The number of hydrogen-bond donors (Lipinski definition) is 3. The van der Waals surface area contributed by atoms with E-state index in [9.17, 15) is 18.8 Å². The maximum absolute atomic E-state index is 12.4. The highest BCUT2D eigenvalue weighted by Crippen LogP contribution is 2.59. The predicted molar refractivity (Wildman–Crippen MR) is 89.2 cm³/mol. The number of rotatable bonds is 7. The Labute approximate surface area is 147 Å². The number of nitrogens with zero attached hydrogens (tertiary/aromatic N) is 1. The molecule has 9 nitrogen and oxygen atoms in total. The number of phosphoric ester groups is 1. The molecule has 0 amide bonds. The lowest BCUT2D eigenvalue weighted by atomic mass is 10.1. The third-order valence-electron chi connectivity index (χ3n) is 2.93. The molecule has 2 aromatic rings. The van der Waals surface area contributed by atoms with Gasteiger partial charge in [0.25, 0.3) is 0 Å². The lowest BCUT2D eigenvalue weighted by molar-refractivity contribution is 0.103. The molecule has 12 heteroatoms. The van der Waals surface area contributed by atoms with Crippen LogP contribution in [0.3, 0.4) is 0 Å². The van der Waals surface area contributed by atoms with Crippen LogP contribution in [0.1, 0.15) is 39.0 Å². The number of benzene rings is 1. The normalized spacial score (nSPS) is 15.6. The van der Waals surface area contributed by atoms with E-state index in [0.717, 1.165) is 11.3 Å². The highest BCUT2D eigenvalue weighted by Gasteiger charge is 2.35. The number of carbonyl (C=O) groups excluding carboxylic acids is 1. The van der Waals surface area contributed by atoms with Crippen molar-refractivity contribution in [1.29, 1.82) is 0 Å². The summed E-state index contributed by atoms with van der Waals surface area (Å²) in [5.74, 6) is -0.314. The third-order valence-corrected chi connectivity index (χ3v) is 6.51. The van der Waals surface area contributed by atoms with Crippen molar-refractivity contribution in [3.05, 3.63) is 51.5 Å². The molecule has 0 spiro atoms. The molecule has 0 saturated carbocycles. The zero-order valence-corrected chi connectivity index (χ0v) is 15.7. The Morgan fingerprint density at radius 2 is 1.80 bits per heavy atom. The largest absolute Gasteiger partial charge is 0.481 e. The molecule has 0 saturated heterocycles. The Balaban J connectivity index is 2.21. The van der Waals surface area contributed by atoms with Crippen LogP contribution in [0.25, 0.3) is 0 Å². The molecule has 25 heavy (non-hydrogen) atoms. The summed E-state index contributed by atoms with van der Waals surface area (Å²) < 4.78 is 30.8. The zero-order valence-electron chi connectivity index (χ0n) is 13.1. The summed E-state index contributed by atoms with van der Waals surface area (Å²) in [6.45, 7) is 2.96. The fourth-order valence-corrected chi connectivity index (χ4v) is 4.81. The molecule has 1 aromatic heterocycles. The average molecular weight is 407 g/mol. The second kappa shape index (κ2) is 7.57. The van der Waals surface area contributed by atoms with Gasteiger partial charge in [0, 0.05) is 5.56 Å². The minimum atomic E-state index is -5.20. The van der Waals surface area contributed by atoms with E-state index in [1.54, 1.807) is 37.3 Å². The van der Waals surface area contributed by atoms with Crippen LogP contribution in [-0.2, 0) is 18.0 Å². The van der Waals surface area contributed by atoms with Crippen LogP contribution >= 0.6 is 27.0 Å². The number of carbonyl (C=O) groups is 1. The second-order valence-electron chi connectivity index (χ2n) is 4.95. The molecule has 0 fully saturated rings. The SMILES string of the molecule is Cc1nc(C(=O)c2ccccc2)sc1C(C)OP(=O)(O)OP(=O)(O)O. The van der Waals surface area contributed by atoms with Crippen molar-refractivity contribution in [3.63, 3.8) is 0 Å². The summed E-state index contributed by atoms with van der Waals surface area (Å²) in [5.41, 5.74) is 0.835. The van der Waals surface area contributed by atoms with E-state index in [0.29, 0.717) is 16.1 Å². The highest BCUT2D eigenvalue weighted by molar-refractivity contribution is 7.60. The molecule has 1 heterocycles. The number of aromatic nitrogens is 1. The monoisotopic (exact) mass is 407 g/mol. The molecule has 0 aliphatic heterocycles. The van der Waals surface area contributed by atoms with Crippen molar-refractivity contribution in [2.24, 2.45) is 0 Å². The van der Waals surface area contributed by atoms with Gasteiger partial charge in [-0.05, 0) is 13.8 Å². The molecule has 2 atom stereocenters. The van der Waals surface area contributed by atoms with Gasteiger partial charge in [-0.15, -0.1) is 11.3 Å². The Kier molecular flexibility index (Phi) is 6.09. The Hall–Kier alpha value is -1.22. The highest BCUT2D eigenvalue weighted by atomic mass is 32.1. The number of ketones is 1. The molecule has 136 valence electrons. The molecule has 0 radical (unpaired) electrons. The average Bonchev–Trinajstić information content (AvgIpc) is 2.86. The van der Waals surface area contributed by atoms with Crippen LogP contribution in [0.4, 0.5) is 0 Å². The Bertz CT molecular complexity index is 862. The maximum atomic E-state index is 12.4. The van der Waals surface area contributed by atoms with Crippen LogP contribution in [0, 0.1) is 6.92 Å². The van der Waals surface area contributed by atoms with Gasteiger partial charge in [-0.3, -0.25) is 9.32 Å².